The summed E-state index contributed by atoms with van der Waals surface area (Å²) in [5, 5.41) is 3.98. The van der Waals surface area contributed by atoms with E-state index in [4.69, 9.17) is 10.3 Å². The van der Waals surface area contributed by atoms with E-state index in [1.54, 1.807) is 11.8 Å². The van der Waals surface area contributed by atoms with Crippen LogP contribution in [0.3, 0.4) is 0 Å². The summed E-state index contributed by atoms with van der Waals surface area (Å²) in [6.45, 7) is 2.04. The van der Waals surface area contributed by atoms with E-state index >= 15 is 0 Å². The lowest BCUT2D eigenvalue weighted by Crippen LogP contribution is -2.21. The van der Waals surface area contributed by atoms with E-state index < -0.39 is 0 Å². The molecule has 0 amide bonds. The van der Waals surface area contributed by atoms with Crippen LogP contribution in [0.1, 0.15) is 19.2 Å². The topological polar surface area (TPSA) is 64.9 Å². The van der Waals surface area contributed by atoms with Gasteiger partial charge in [0.1, 0.15) is 0 Å². The van der Waals surface area contributed by atoms with Crippen LogP contribution in [-0.4, -0.2) is 22.4 Å². The van der Waals surface area contributed by atoms with Gasteiger partial charge in [-0.25, -0.2) is 0 Å². The van der Waals surface area contributed by atoms with Crippen LogP contribution in [0.2, 0.25) is 0 Å². The minimum atomic E-state index is 0.0807. The summed E-state index contributed by atoms with van der Waals surface area (Å²) < 4.78 is 5.20. The highest BCUT2D eigenvalue weighted by molar-refractivity contribution is 7.98. The van der Waals surface area contributed by atoms with Gasteiger partial charge in [0.2, 0.25) is 11.7 Å². The van der Waals surface area contributed by atoms with Crippen molar-refractivity contribution in [1.82, 2.24) is 10.1 Å². The minimum Gasteiger partial charge on any atom is -0.339 e. The second kappa shape index (κ2) is 6.02. The van der Waals surface area contributed by atoms with Crippen LogP contribution in [0.15, 0.2) is 33.7 Å². The summed E-state index contributed by atoms with van der Waals surface area (Å²) in [5.74, 6) is 1.23. The van der Waals surface area contributed by atoms with Gasteiger partial charge in [-0.05, 0) is 36.9 Å². The summed E-state index contributed by atoms with van der Waals surface area (Å²) in [6.07, 6.45) is 3.58. The van der Waals surface area contributed by atoms with Crippen LogP contribution < -0.4 is 5.73 Å². The van der Waals surface area contributed by atoms with Gasteiger partial charge < -0.3 is 10.3 Å². The lowest BCUT2D eigenvalue weighted by molar-refractivity contribution is 0.368. The molecule has 1 atom stereocenters. The Bertz CT molecular complexity index is 495. The van der Waals surface area contributed by atoms with Gasteiger partial charge in [0.05, 0.1) is 0 Å². The first-order valence-electron chi connectivity index (χ1n) is 5.95. The van der Waals surface area contributed by atoms with E-state index in [-0.39, 0.29) is 6.04 Å². The van der Waals surface area contributed by atoms with E-state index in [0.29, 0.717) is 18.1 Å². The molecule has 0 saturated carbocycles. The molecule has 0 bridgehead atoms. The maximum absolute atomic E-state index is 5.86. The summed E-state index contributed by atoms with van der Waals surface area (Å²) in [5.41, 5.74) is 6.83. The Hall–Kier alpha value is -1.33. The number of hydrogen-bond acceptors (Lipinski definition) is 5. The quantitative estimate of drug-likeness (QED) is 0.840. The van der Waals surface area contributed by atoms with Crippen molar-refractivity contribution >= 4 is 11.8 Å². The maximum atomic E-state index is 5.86. The van der Waals surface area contributed by atoms with Gasteiger partial charge in [0, 0.05) is 22.9 Å². The largest absolute Gasteiger partial charge is 0.339 e. The van der Waals surface area contributed by atoms with Crippen molar-refractivity contribution in [2.24, 2.45) is 5.73 Å². The fourth-order valence-corrected chi connectivity index (χ4v) is 1.97. The molecule has 0 fully saturated rings. The van der Waals surface area contributed by atoms with Crippen molar-refractivity contribution in [1.29, 1.82) is 0 Å². The summed E-state index contributed by atoms with van der Waals surface area (Å²) in [6, 6.07) is 8.18. The van der Waals surface area contributed by atoms with Gasteiger partial charge in [-0.3, -0.25) is 0 Å². The van der Waals surface area contributed by atoms with Gasteiger partial charge in [0.25, 0.3) is 0 Å². The van der Waals surface area contributed by atoms with E-state index in [9.17, 15) is 0 Å². The zero-order chi connectivity index (χ0) is 13.0. The SMILES string of the molecule is CCC(N)Cc1nc(-c2ccc(SC)cc2)no1. The van der Waals surface area contributed by atoms with Crippen LogP contribution in [0.5, 0.6) is 0 Å². The first kappa shape index (κ1) is 13.1. The van der Waals surface area contributed by atoms with E-state index in [1.807, 2.05) is 37.4 Å². The zero-order valence-electron chi connectivity index (χ0n) is 10.6. The van der Waals surface area contributed by atoms with Crippen LogP contribution in [-0.2, 0) is 6.42 Å². The lowest BCUT2D eigenvalue weighted by atomic mass is 10.2. The molecular weight excluding hydrogens is 246 g/mol. The maximum Gasteiger partial charge on any atom is 0.228 e. The van der Waals surface area contributed by atoms with Crippen LogP contribution in [0, 0.1) is 0 Å². The molecule has 1 heterocycles. The van der Waals surface area contributed by atoms with E-state index in [0.717, 1.165) is 12.0 Å². The number of nitrogens with zero attached hydrogens (tertiary/aromatic N) is 2. The van der Waals surface area contributed by atoms with E-state index in [2.05, 4.69) is 10.1 Å². The van der Waals surface area contributed by atoms with E-state index in [1.165, 1.54) is 4.90 Å². The van der Waals surface area contributed by atoms with Crippen LogP contribution in [0.4, 0.5) is 0 Å². The molecule has 4 nitrogen and oxygen atoms in total. The molecule has 0 saturated heterocycles. The standard InChI is InChI=1S/C13H17N3OS/c1-3-10(14)8-12-15-13(16-17-12)9-4-6-11(18-2)7-5-9/h4-7,10H,3,8,14H2,1-2H3. The molecule has 2 aromatic rings. The fraction of sp³-hybridized carbons (Fsp3) is 0.385. The monoisotopic (exact) mass is 263 g/mol. The molecule has 2 rings (SSSR count). The highest BCUT2D eigenvalue weighted by Crippen LogP contribution is 2.21. The Morgan fingerprint density at radius 1 is 1.33 bits per heavy atom. The normalized spacial score (nSPS) is 12.6. The number of benzene rings is 1. The first-order chi connectivity index (χ1) is 8.72. The highest BCUT2D eigenvalue weighted by Gasteiger charge is 2.11. The summed E-state index contributed by atoms with van der Waals surface area (Å²) >= 11 is 1.71. The Labute approximate surface area is 111 Å². The average Bonchev–Trinajstić information content (AvgIpc) is 2.87. The molecule has 0 radical (unpaired) electrons. The van der Waals surface area contributed by atoms with Gasteiger partial charge in [0.15, 0.2) is 0 Å². The summed E-state index contributed by atoms with van der Waals surface area (Å²) in [4.78, 5) is 5.58. The molecule has 2 N–H and O–H groups in total. The lowest BCUT2D eigenvalue weighted by Gasteiger charge is -2.02. The van der Waals surface area contributed by atoms with Gasteiger partial charge >= 0.3 is 0 Å². The molecule has 0 aliphatic heterocycles. The van der Waals surface area contributed by atoms with Crippen molar-refractivity contribution in [2.45, 2.75) is 30.7 Å². The molecule has 0 aliphatic rings. The third-order valence-corrected chi connectivity index (χ3v) is 3.52. The smallest absolute Gasteiger partial charge is 0.228 e. The molecule has 5 heteroatoms. The van der Waals surface area contributed by atoms with Crippen LogP contribution in [0.25, 0.3) is 11.4 Å². The Morgan fingerprint density at radius 3 is 2.67 bits per heavy atom. The second-order valence-electron chi connectivity index (χ2n) is 4.11. The van der Waals surface area contributed by atoms with Crippen molar-refractivity contribution in [2.75, 3.05) is 6.26 Å². The number of rotatable bonds is 5. The predicted octanol–water partition coefficient (Wildman–Crippen LogP) is 2.74. The molecule has 1 aromatic carbocycles. The highest BCUT2D eigenvalue weighted by atomic mass is 32.2. The van der Waals surface area contributed by atoms with Crippen LogP contribution >= 0.6 is 11.8 Å². The number of hydrogen-bond donors (Lipinski definition) is 1. The first-order valence-corrected chi connectivity index (χ1v) is 7.18. The van der Waals surface area contributed by atoms with Gasteiger partial charge in [-0.15, -0.1) is 11.8 Å². The molecule has 1 unspecified atom stereocenters. The average molecular weight is 263 g/mol. The molecule has 18 heavy (non-hydrogen) atoms. The predicted molar refractivity (Wildman–Crippen MR) is 73.5 cm³/mol. The van der Waals surface area contributed by atoms with Crippen molar-refractivity contribution in [3.8, 4) is 11.4 Å². The molecule has 1 aromatic heterocycles. The van der Waals surface area contributed by atoms with Crippen molar-refractivity contribution in [3.63, 3.8) is 0 Å². The molecule has 0 spiro atoms. The fourth-order valence-electron chi connectivity index (χ4n) is 1.56. The van der Waals surface area contributed by atoms with Crippen molar-refractivity contribution in [3.05, 3.63) is 30.2 Å². The Kier molecular flexibility index (Phi) is 4.38. The number of aromatic nitrogens is 2. The second-order valence-corrected chi connectivity index (χ2v) is 4.99. The zero-order valence-corrected chi connectivity index (χ0v) is 11.4. The Morgan fingerprint density at radius 2 is 2.06 bits per heavy atom. The molecule has 0 aliphatic carbocycles. The van der Waals surface area contributed by atoms with Gasteiger partial charge in [-0.1, -0.05) is 12.1 Å². The minimum absolute atomic E-state index is 0.0807. The third-order valence-electron chi connectivity index (χ3n) is 2.78. The Balaban J connectivity index is 2.13. The number of thioether (sulfide) groups is 1. The van der Waals surface area contributed by atoms with Gasteiger partial charge in [-0.2, -0.15) is 4.98 Å². The summed E-state index contributed by atoms with van der Waals surface area (Å²) in [7, 11) is 0. The van der Waals surface area contributed by atoms with Crippen molar-refractivity contribution < 1.29 is 4.52 Å². The molecule has 96 valence electrons. The third kappa shape index (κ3) is 3.11. The molecular formula is C13H17N3OS. The number of nitrogens with two attached hydrogens (primary N) is 1.